The van der Waals surface area contributed by atoms with E-state index < -0.39 is 0 Å². The van der Waals surface area contributed by atoms with Crippen LogP contribution < -0.4 is 5.73 Å². The van der Waals surface area contributed by atoms with Crippen molar-refractivity contribution in [3.63, 3.8) is 0 Å². The molecule has 0 aromatic heterocycles. The minimum atomic E-state index is -0.351. The van der Waals surface area contributed by atoms with E-state index in [0.29, 0.717) is 5.92 Å². The van der Waals surface area contributed by atoms with Gasteiger partial charge in [-0.05, 0) is 25.7 Å². The highest BCUT2D eigenvalue weighted by atomic mass is 14.7. The number of hydrogen-bond acceptors (Lipinski definition) is 1. The van der Waals surface area contributed by atoms with E-state index in [1.54, 1.807) is 0 Å². The van der Waals surface area contributed by atoms with Crippen LogP contribution in [0.15, 0.2) is 0 Å². The molecule has 0 saturated heterocycles. The van der Waals surface area contributed by atoms with Crippen LogP contribution in [0.2, 0.25) is 0 Å². The van der Waals surface area contributed by atoms with Gasteiger partial charge in [0, 0.05) is 0 Å². The molecule has 1 rings (SSSR count). The van der Waals surface area contributed by atoms with Crippen molar-refractivity contribution in [2.24, 2.45) is 11.7 Å². The van der Waals surface area contributed by atoms with Crippen LogP contribution in [-0.2, 0) is 0 Å². The molecule has 0 aromatic rings. The number of terminal acetylenes is 1. The lowest BCUT2D eigenvalue weighted by Crippen LogP contribution is -2.41. The Morgan fingerprint density at radius 2 is 2.00 bits per heavy atom. The Morgan fingerprint density at radius 3 is 2.40 bits per heavy atom. The van der Waals surface area contributed by atoms with E-state index in [1.807, 2.05) is 6.92 Å². The lowest BCUT2D eigenvalue weighted by Gasteiger charge is -2.24. The summed E-state index contributed by atoms with van der Waals surface area (Å²) in [7, 11) is 0. The molecule has 1 nitrogen and oxygen atoms in total. The van der Waals surface area contributed by atoms with Gasteiger partial charge in [-0.3, -0.25) is 0 Å². The van der Waals surface area contributed by atoms with Crippen LogP contribution >= 0.6 is 0 Å². The molecule has 1 saturated carbocycles. The summed E-state index contributed by atoms with van der Waals surface area (Å²) in [5, 5.41) is 0. The summed E-state index contributed by atoms with van der Waals surface area (Å²) in [5.41, 5.74) is 5.53. The Morgan fingerprint density at radius 1 is 1.50 bits per heavy atom. The van der Waals surface area contributed by atoms with Gasteiger partial charge in [0.15, 0.2) is 0 Å². The van der Waals surface area contributed by atoms with Crippen LogP contribution in [0.5, 0.6) is 0 Å². The molecule has 1 atom stereocenters. The third kappa shape index (κ3) is 1.33. The molecule has 10 heavy (non-hydrogen) atoms. The van der Waals surface area contributed by atoms with Gasteiger partial charge in [0.05, 0.1) is 5.54 Å². The maximum absolute atomic E-state index is 5.89. The summed E-state index contributed by atoms with van der Waals surface area (Å²) in [4.78, 5) is 0. The summed E-state index contributed by atoms with van der Waals surface area (Å²) in [6.07, 6.45) is 10.4. The first-order valence-corrected chi connectivity index (χ1v) is 3.93. The van der Waals surface area contributed by atoms with Crippen molar-refractivity contribution >= 4 is 0 Å². The molecule has 1 heteroatoms. The summed E-state index contributed by atoms with van der Waals surface area (Å²) < 4.78 is 0. The fraction of sp³-hybridized carbons (Fsp3) is 0.778. The molecule has 0 amide bonds. The lowest BCUT2D eigenvalue weighted by molar-refractivity contribution is 0.380. The second-order valence-corrected chi connectivity index (χ2v) is 3.41. The molecule has 0 bridgehead atoms. The molecule has 0 aromatic carbocycles. The van der Waals surface area contributed by atoms with Gasteiger partial charge < -0.3 is 5.73 Å². The van der Waals surface area contributed by atoms with E-state index in [-0.39, 0.29) is 5.54 Å². The number of hydrogen-bond donors (Lipinski definition) is 1. The largest absolute Gasteiger partial charge is 0.315 e. The molecule has 0 aliphatic heterocycles. The standard InChI is InChI=1S/C9H15N/c1-3-9(2,10)8-6-4-5-7-8/h1,8H,4-7,10H2,2H3. The van der Waals surface area contributed by atoms with Gasteiger partial charge in [0.1, 0.15) is 0 Å². The molecule has 1 fully saturated rings. The number of rotatable bonds is 1. The first-order chi connectivity index (χ1) is 4.67. The van der Waals surface area contributed by atoms with Crippen molar-refractivity contribution in [3.05, 3.63) is 0 Å². The van der Waals surface area contributed by atoms with E-state index in [1.165, 1.54) is 25.7 Å². The normalized spacial score (nSPS) is 25.7. The van der Waals surface area contributed by atoms with Crippen LogP contribution in [0.1, 0.15) is 32.6 Å². The third-order valence-electron chi connectivity index (χ3n) is 2.51. The van der Waals surface area contributed by atoms with Gasteiger partial charge >= 0.3 is 0 Å². The molecule has 0 heterocycles. The monoisotopic (exact) mass is 137 g/mol. The van der Waals surface area contributed by atoms with Gasteiger partial charge in [-0.2, -0.15) is 0 Å². The van der Waals surface area contributed by atoms with E-state index in [2.05, 4.69) is 5.92 Å². The Labute approximate surface area is 63.0 Å². The van der Waals surface area contributed by atoms with Crippen LogP contribution in [0.25, 0.3) is 0 Å². The molecule has 1 unspecified atom stereocenters. The van der Waals surface area contributed by atoms with Crippen LogP contribution in [0, 0.1) is 18.3 Å². The maximum Gasteiger partial charge on any atom is 0.0773 e. The molecular weight excluding hydrogens is 122 g/mol. The topological polar surface area (TPSA) is 26.0 Å². The Bertz CT molecular complexity index is 147. The van der Waals surface area contributed by atoms with Gasteiger partial charge in [-0.25, -0.2) is 0 Å². The summed E-state index contributed by atoms with van der Waals surface area (Å²) >= 11 is 0. The Hall–Kier alpha value is -0.480. The van der Waals surface area contributed by atoms with Crippen molar-refractivity contribution in [1.29, 1.82) is 0 Å². The van der Waals surface area contributed by atoms with Crippen molar-refractivity contribution in [2.45, 2.75) is 38.1 Å². The van der Waals surface area contributed by atoms with Crippen molar-refractivity contribution in [1.82, 2.24) is 0 Å². The van der Waals surface area contributed by atoms with Crippen LogP contribution in [-0.4, -0.2) is 5.54 Å². The zero-order valence-corrected chi connectivity index (χ0v) is 6.56. The van der Waals surface area contributed by atoms with Crippen molar-refractivity contribution in [2.75, 3.05) is 0 Å². The molecule has 0 radical (unpaired) electrons. The van der Waals surface area contributed by atoms with Gasteiger partial charge in [0.25, 0.3) is 0 Å². The zero-order valence-electron chi connectivity index (χ0n) is 6.56. The van der Waals surface area contributed by atoms with Gasteiger partial charge in [-0.15, -0.1) is 6.42 Å². The van der Waals surface area contributed by atoms with E-state index >= 15 is 0 Å². The average molecular weight is 137 g/mol. The maximum atomic E-state index is 5.89. The van der Waals surface area contributed by atoms with Crippen molar-refractivity contribution in [3.8, 4) is 12.3 Å². The quantitative estimate of drug-likeness (QED) is 0.545. The molecule has 1 aliphatic carbocycles. The highest BCUT2D eigenvalue weighted by Gasteiger charge is 2.30. The molecular formula is C9H15N. The van der Waals surface area contributed by atoms with Crippen molar-refractivity contribution < 1.29 is 0 Å². The smallest absolute Gasteiger partial charge is 0.0773 e. The molecule has 1 aliphatic rings. The lowest BCUT2D eigenvalue weighted by atomic mass is 9.86. The number of nitrogens with two attached hydrogens (primary N) is 1. The Balaban J connectivity index is 2.56. The van der Waals surface area contributed by atoms with Gasteiger partial charge in [0.2, 0.25) is 0 Å². The molecule has 0 spiro atoms. The zero-order chi connectivity index (χ0) is 7.61. The molecule has 2 N–H and O–H groups in total. The predicted octanol–water partition coefficient (Wildman–Crippen LogP) is 1.53. The highest BCUT2D eigenvalue weighted by molar-refractivity contribution is 5.12. The first kappa shape index (κ1) is 7.63. The van der Waals surface area contributed by atoms with Gasteiger partial charge in [-0.1, -0.05) is 18.8 Å². The summed E-state index contributed by atoms with van der Waals surface area (Å²) in [6.45, 7) is 1.96. The minimum absolute atomic E-state index is 0.351. The van der Waals surface area contributed by atoms with E-state index in [4.69, 9.17) is 12.2 Å². The first-order valence-electron chi connectivity index (χ1n) is 3.93. The highest BCUT2D eigenvalue weighted by Crippen LogP contribution is 2.31. The Kier molecular flexibility index (Phi) is 2.01. The fourth-order valence-corrected chi connectivity index (χ4v) is 1.64. The fourth-order valence-electron chi connectivity index (χ4n) is 1.64. The predicted molar refractivity (Wildman–Crippen MR) is 43.4 cm³/mol. The SMILES string of the molecule is C#CC(C)(N)C1CCCC1. The van der Waals surface area contributed by atoms with E-state index in [0.717, 1.165) is 0 Å². The second kappa shape index (κ2) is 2.64. The average Bonchev–Trinajstić information content (AvgIpc) is 2.38. The third-order valence-corrected chi connectivity index (χ3v) is 2.51. The molecule has 56 valence electrons. The summed E-state index contributed by atoms with van der Waals surface area (Å²) in [6, 6.07) is 0. The minimum Gasteiger partial charge on any atom is -0.315 e. The van der Waals surface area contributed by atoms with Crippen LogP contribution in [0.3, 0.4) is 0 Å². The van der Waals surface area contributed by atoms with E-state index in [9.17, 15) is 0 Å². The van der Waals surface area contributed by atoms with Crippen LogP contribution in [0.4, 0.5) is 0 Å². The summed E-state index contributed by atoms with van der Waals surface area (Å²) in [5.74, 6) is 3.23. The second-order valence-electron chi connectivity index (χ2n) is 3.41.